The van der Waals surface area contributed by atoms with E-state index in [-0.39, 0.29) is 5.57 Å². The van der Waals surface area contributed by atoms with E-state index in [4.69, 9.17) is 9.47 Å². The topological polar surface area (TPSA) is 62.6 Å². The minimum atomic E-state index is -0.668. The molecule has 0 radical (unpaired) electrons. The quantitative estimate of drug-likeness (QED) is 0.324. The molecule has 0 saturated heterocycles. The zero-order chi connectivity index (χ0) is 18.4. The normalized spacial score (nSPS) is 19.6. The van der Waals surface area contributed by atoms with Crippen LogP contribution in [0.25, 0.3) is 0 Å². The molecule has 136 valence electrons. The Bertz CT molecular complexity index is 612. The maximum Gasteiger partial charge on any atom is 0.351 e. The first-order chi connectivity index (χ1) is 12.0. The number of nitriles is 1. The van der Waals surface area contributed by atoms with Gasteiger partial charge in [-0.25, -0.2) is 4.79 Å². The number of ether oxygens (including phenoxy) is 2. The fourth-order valence-corrected chi connectivity index (χ4v) is 3.67. The summed E-state index contributed by atoms with van der Waals surface area (Å²) >= 11 is 0. The first kappa shape index (κ1) is 19.3. The number of nitrogens with zero attached hydrogens (tertiary/aromatic N) is 2. The van der Waals surface area contributed by atoms with Crippen LogP contribution in [0.3, 0.4) is 0 Å². The van der Waals surface area contributed by atoms with Crippen LogP contribution in [0.2, 0.25) is 0 Å². The monoisotopic (exact) mass is 344 g/mol. The average Bonchev–Trinajstić information content (AvgIpc) is 2.56. The van der Waals surface area contributed by atoms with Gasteiger partial charge in [-0.2, -0.15) is 5.26 Å². The molecule has 0 aromatic carbocycles. The second-order valence-corrected chi connectivity index (χ2v) is 6.60. The Labute approximate surface area is 150 Å². The summed E-state index contributed by atoms with van der Waals surface area (Å²) in [6.07, 6.45) is 9.36. The highest BCUT2D eigenvalue weighted by Crippen LogP contribution is 2.32. The predicted molar refractivity (Wildman–Crippen MR) is 96.0 cm³/mol. The molecule has 1 heterocycles. The largest absolute Gasteiger partial charge is 0.432 e. The van der Waals surface area contributed by atoms with E-state index in [1.165, 1.54) is 32.1 Å². The molecule has 5 nitrogen and oxygen atoms in total. The summed E-state index contributed by atoms with van der Waals surface area (Å²) in [4.78, 5) is 14.6. The molecule has 0 aromatic heterocycles. The predicted octanol–water partition coefficient (Wildman–Crippen LogP) is 4.19. The van der Waals surface area contributed by atoms with Crippen LogP contribution < -0.4 is 0 Å². The molecule has 1 fully saturated rings. The molecule has 0 spiro atoms. The number of hydrogen-bond acceptors (Lipinski definition) is 5. The number of rotatable bonds is 5. The van der Waals surface area contributed by atoms with Crippen molar-refractivity contribution in [1.82, 2.24) is 4.90 Å². The summed E-state index contributed by atoms with van der Waals surface area (Å²) in [5.41, 5.74) is 2.77. The third-order valence-corrected chi connectivity index (χ3v) is 4.71. The van der Waals surface area contributed by atoms with Crippen LogP contribution in [0.1, 0.15) is 59.8 Å². The van der Waals surface area contributed by atoms with Gasteiger partial charge in [0.1, 0.15) is 11.6 Å². The van der Waals surface area contributed by atoms with E-state index in [2.05, 4.69) is 4.90 Å². The summed E-state index contributed by atoms with van der Waals surface area (Å²) in [5, 5.41) is 9.46. The fraction of sp³-hybridized carbons (Fsp3) is 0.600. The van der Waals surface area contributed by atoms with Gasteiger partial charge in [0.25, 0.3) is 0 Å². The Kier molecular flexibility index (Phi) is 6.83. The zero-order valence-corrected chi connectivity index (χ0v) is 15.7. The molecular weight excluding hydrogens is 316 g/mol. The standard InChI is InChI=1S/C20H28N2O3/c1-5-24-16(4)25-20(23)19(13-21)17-11-14(2)22(15(3)12-17)18-9-7-6-8-10-18/h11-12,16,18H,5-10H2,1-4H3. The van der Waals surface area contributed by atoms with Crippen molar-refractivity contribution in [1.29, 1.82) is 5.26 Å². The zero-order valence-electron chi connectivity index (χ0n) is 15.7. The lowest BCUT2D eigenvalue weighted by Gasteiger charge is -2.39. The van der Waals surface area contributed by atoms with Crippen LogP contribution in [-0.2, 0) is 14.3 Å². The van der Waals surface area contributed by atoms with Crippen LogP contribution in [0.15, 0.2) is 34.7 Å². The number of allylic oxidation sites excluding steroid dienone is 5. The third-order valence-electron chi connectivity index (χ3n) is 4.71. The number of carbonyl (C=O) groups is 1. The Morgan fingerprint density at radius 2 is 1.88 bits per heavy atom. The van der Waals surface area contributed by atoms with Crippen molar-refractivity contribution < 1.29 is 14.3 Å². The van der Waals surface area contributed by atoms with Crippen molar-refractivity contribution in [3.8, 4) is 6.07 Å². The van der Waals surface area contributed by atoms with E-state index in [1.54, 1.807) is 6.92 Å². The molecule has 0 bridgehead atoms. The molecule has 2 aliphatic rings. The smallest absolute Gasteiger partial charge is 0.351 e. The highest BCUT2D eigenvalue weighted by molar-refractivity contribution is 5.95. The van der Waals surface area contributed by atoms with Crippen molar-refractivity contribution in [2.45, 2.75) is 72.1 Å². The lowest BCUT2D eigenvalue weighted by Crippen LogP contribution is -2.35. The number of esters is 1. The van der Waals surface area contributed by atoms with E-state index < -0.39 is 12.3 Å². The summed E-state index contributed by atoms with van der Waals surface area (Å²) in [7, 11) is 0. The molecule has 0 aromatic rings. The van der Waals surface area contributed by atoms with Crippen LogP contribution in [-0.4, -0.2) is 29.8 Å². The van der Waals surface area contributed by atoms with Crippen molar-refractivity contribution in [2.24, 2.45) is 0 Å². The molecular formula is C20H28N2O3. The van der Waals surface area contributed by atoms with Gasteiger partial charge >= 0.3 is 5.97 Å². The van der Waals surface area contributed by atoms with E-state index in [1.807, 2.05) is 39.0 Å². The molecule has 0 amide bonds. The highest BCUT2D eigenvalue weighted by atomic mass is 16.7. The van der Waals surface area contributed by atoms with E-state index in [0.29, 0.717) is 18.2 Å². The molecule has 0 N–H and O–H groups in total. The van der Waals surface area contributed by atoms with Gasteiger partial charge in [0.2, 0.25) is 6.29 Å². The SMILES string of the molecule is CCOC(C)OC(=O)C(C#N)=C1C=C(C)N(C2CCCCC2)C(C)=C1. The van der Waals surface area contributed by atoms with E-state index in [0.717, 1.165) is 11.4 Å². The summed E-state index contributed by atoms with van der Waals surface area (Å²) in [5.74, 6) is -0.641. The second-order valence-electron chi connectivity index (χ2n) is 6.60. The van der Waals surface area contributed by atoms with Gasteiger partial charge in [-0.05, 0) is 52.7 Å². The minimum absolute atomic E-state index is 0.0218. The van der Waals surface area contributed by atoms with Gasteiger partial charge in [-0.1, -0.05) is 19.3 Å². The van der Waals surface area contributed by atoms with Gasteiger partial charge in [-0.3, -0.25) is 0 Å². The Morgan fingerprint density at radius 1 is 1.28 bits per heavy atom. The van der Waals surface area contributed by atoms with Gasteiger partial charge in [-0.15, -0.1) is 0 Å². The maximum absolute atomic E-state index is 12.3. The fourth-order valence-electron chi connectivity index (χ4n) is 3.67. The highest BCUT2D eigenvalue weighted by Gasteiger charge is 2.26. The molecule has 1 aliphatic carbocycles. The molecule has 1 aliphatic heterocycles. The molecule has 25 heavy (non-hydrogen) atoms. The molecule has 1 atom stereocenters. The Morgan fingerprint density at radius 3 is 2.40 bits per heavy atom. The van der Waals surface area contributed by atoms with Gasteiger partial charge in [0, 0.05) is 29.6 Å². The first-order valence-electron chi connectivity index (χ1n) is 9.10. The Hall–Kier alpha value is -2.06. The van der Waals surface area contributed by atoms with E-state index >= 15 is 0 Å². The van der Waals surface area contributed by atoms with Crippen molar-refractivity contribution in [3.63, 3.8) is 0 Å². The first-order valence-corrected chi connectivity index (χ1v) is 9.10. The second kappa shape index (κ2) is 8.87. The molecule has 2 rings (SSSR count). The average molecular weight is 344 g/mol. The number of carbonyl (C=O) groups excluding carboxylic acids is 1. The van der Waals surface area contributed by atoms with Crippen LogP contribution in [0, 0.1) is 11.3 Å². The van der Waals surface area contributed by atoms with E-state index in [9.17, 15) is 10.1 Å². The molecule has 5 heteroatoms. The number of hydrogen-bond donors (Lipinski definition) is 0. The summed E-state index contributed by atoms with van der Waals surface area (Å²) < 4.78 is 10.4. The van der Waals surface area contributed by atoms with Crippen LogP contribution in [0.5, 0.6) is 0 Å². The lowest BCUT2D eigenvalue weighted by atomic mass is 9.92. The third kappa shape index (κ3) is 4.73. The van der Waals surface area contributed by atoms with Crippen LogP contribution in [0.4, 0.5) is 0 Å². The lowest BCUT2D eigenvalue weighted by molar-refractivity contribution is -0.168. The van der Waals surface area contributed by atoms with Crippen molar-refractivity contribution in [3.05, 3.63) is 34.7 Å². The van der Waals surface area contributed by atoms with Crippen molar-refractivity contribution in [2.75, 3.05) is 6.61 Å². The maximum atomic E-state index is 12.3. The molecule has 1 unspecified atom stereocenters. The minimum Gasteiger partial charge on any atom is -0.432 e. The summed E-state index contributed by atoms with van der Waals surface area (Å²) in [6, 6.07) is 2.51. The van der Waals surface area contributed by atoms with Gasteiger partial charge in [0.15, 0.2) is 0 Å². The van der Waals surface area contributed by atoms with Gasteiger partial charge < -0.3 is 14.4 Å². The Balaban J connectivity index is 2.23. The van der Waals surface area contributed by atoms with Crippen molar-refractivity contribution >= 4 is 5.97 Å². The summed E-state index contributed by atoms with van der Waals surface area (Å²) in [6.45, 7) is 7.99. The van der Waals surface area contributed by atoms with Crippen LogP contribution >= 0.6 is 0 Å². The molecule has 1 saturated carbocycles. The van der Waals surface area contributed by atoms with Gasteiger partial charge in [0.05, 0.1) is 0 Å².